The summed E-state index contributed by atoms with van der Waals surface area (Å²) in [5, 5.41) is 10.9. The zero-order valence-corrected chi connectivity index (χ0v) is 8.23. The Morgan fingerprint density at radius 1 is 1.27 bits per heavy atom. The Hall–Kier alpha value is -2.03. The summed E-state index contributed by atoms with van der Waals surface area (Å²) < 4.78 is 5.15. The maximum atomic E-state index is 10.9. The van der Waals surface area contributed by atoms with Crippen molar-refractivity contribution in [2.24, 2.45) is 0 Å². The third-order valence-corrected chi connectivity index (χ3v) is 2.36. The average Bonchev–Trinajstić information content (AvgIpc) is 2.29. The molecule has 0 heterocycles. The first-order valence-corrected chi connectivity index (χ1v) is 4.52. The highest BCUT2D eigenvalue weighted by atomic mass is 16.5. The number of hydrogen-bond donors (Lipinski definition) is 1. The van der Waals surface area contributed by atoms with Gasteiger partial charge in [0, 0.05) is 16.3 Å². The van der Waals surface area contributed by atoms with Gasteiger partial charge in [0.15, 0.2) is 6.29 Å². The van der Waals surface area contributed by atoms with Gasteiger partial charge in [-0.2, -0.15) is 0 Å². The summed E-state index contributed by atoms with van der Waals surface area (Å²) in [6.45, 7) is 0. The van der Waals surface area contributed by atoms with Gasteiger partial charge in [0.25, 0.3) is 0 Å². The van der Waals surface area contributed by atoms with Crippen LogP contribution in [0.2, 0.25) is 0 Å². The molecule has 0 aliphatic rings. The number of fused-ring (bicyclic) bond motifs is 1. The van der Waals surface area contributed by atoms with Crippen LogP contribution in [0.15, 0.2) is 30.3 Å². The molecule has 76 valence electrons. The van der Waals surface area contributed by atoms with Crippen LogP contribution in [0.5, 0.6) is 11.5 Å². The van der Waals surface area contributed by atoms with E-state index in [1.54, 1.807) is 30.3 Å². The third kappa shape index (κ3) is 1.42. The van der Waals surface area contributed by atoms with Crippen molar-refractivity contribution >= 4 is 17.1 Å². The number of rotatable bonds is 2. The smallest absolute Gasteiger partial charge is 0.150 e. The molecule has 0 saturated carbocycles. The van der Waals surface area contributed by atoms with Gasteiger partial charge in [-0.15, -0.1) is 0 Å². The summed E-state index contributed by atoms with van der Waals surface area (Å²) in [5.74, 6) is 0.736. The van der Waals surface area contributed by atoms with Crippen molar-refractivity contribution in [1.29, 1.82) is 0 Å². The normalized spacial score (nSPS) is 10.2. The fourth-order valence-corrected chi connectivity index (χ4v) is 1.65. The van der Waals surface area contributed by atoms with Gasteiger partial charge in [0.1, 0.15) is 11.5 Å². The lowest BCUT2D eigenvalue weighted by Gasteiger charge is -2.08. The van der Waals surface area contributed by atoms with Gasteiger partial charge in [-0.25, -0.2) is 0 Å². The molecule has 0 aliphatic carbocycles. The third-order valence-electron chi connectivity index (χ3n) is 2.36. The number of aromatic hydroxyl groups is 1. The molecule has 3 nitrogen and oxygen atoms in total. The van der Waals surface area contributed by atoms with Gasteiger partial charge in [0.05, 0.1) is 7.11 Å². The Labute approximate surface area is 86.9 Å². The van der Waals surface area contributed by atoms with Crippen molar-refractivity contribution in [3.8, 4) is 11.5 Å². The fourth-order valence-electron chi connectivity index (χ4n) is 1.65. The maximum absolute atomic E-state index is 10.9. The molecule has 0 atom stereocenters. The monoisotopic (exact) mass is 202 g/mol. The van der Waals surface area contributed by atoms with Gasteiger partial charge in [-0.1, -0.05) is 18.2 Å². The highest BCUT2D eigenvalue weighted by molar-refractivity contribution is 6.04. The van der Waals surface area contributed by atoms with E-state index in [-0.39, 0.29) is 5.75 Å². The molecule has 0 radical (unpaired) electrons. The molecule has 0 unspecified atom stereocenters. The molecule has 1 N–H and O–H groups in total. The van der Waals surface area contributed by atoms with Crippen LogP contribution in [0.4, 0.5) is 0 Å². The number of methoxy groups -OCH3 is 1. The summed E-state index contributed by atoms with van der Waals surface area (Å²) in [5.41, 5.74) is 0.514. The van der Waals surface area contributed by atoms with Crippen molar-refractivity contribution in [1.82, 2.24) is 0 Å². The van der Waals surface area contributed by atoms with Crippen LogP contribution in [0.3, 0.4) is 0 Å². The van der Waals surface area contributed by atoms with Crippen LogP contribution in [0, 0.1) is 0 Å². The van der Waals surface area contributed by atoms with Crippen LogP contribution in [0.25, 0.3) is 10.8 Å². The van der Waals surface area contributed by atoms with E-state index < -0.39 is 0 Å². The van der Waals surface area contributed by atoms with E-state index in [4.69, 9.17) is 4.74 Å². The van der Waals surface area contributed by atoms with Crippen molar-refractivity contribution < 1.29 is 14.6 Å². The summed E-state index contributed by atoms with van der Waals surface area (Å²) in [7, 11) is 1.54. The Kier molecular flexibility index (Phi) is 2.29. The van der Waals surface area contributed by atoms with Gasteiger partial charge in [-0.05, 0) is 12.1 Å². The van der Waals surface area contributed by atoms with E-state index in [9.17, 15) is 9.90 Å². The lowest BCUT2D eigenvalue weighted by Crippen LogP contribution is -1.89. The maximum Gasteiger partial charge on any atom is 0.150 e. The molecule has 0 aliphatic heterocycles. The summed E-state index contributed by atoms with van der Waals surface area (Å²) in [6.07, 6.45) is 0.754. The van der Waals surface area contributed by atoms with Crippen LogP contribution < -0.4 is 4.74 Å². The van der Waals surface area contributed by atoms with Gasteiger partial charge in [-0.3, -0.25) is 4.79 Å². The first kappa shape index (κ1) is 9.52. The van der Waals surface area contributed by atoms with E-state index >= 15 is 0 Å². The SMILES string of the molecule is COc1ccc(O)c2cccc(C=O)c12. The number of carbonyl (C=O) groups is 1. The molecule has 15 heavy (non-hydrogen) atoms. The van der Waals surface area contributed by atoms with E-state index in [2.05, 4.69) is 0 Å². The Balaban J connectivity index is 2.94. The predicted molar refractivity (Wildman–Crippen MR) is 57.6 cm³/mol. The minimum absolute atomic E-state index is 0.148. The molecule has 0 bridgehead atoms. The molecule has 2 aromatic carbocycles. The number of benzene rings is 2. The highest BCUT2D eigenvalue weighted by Gasteiger charge is 2.09. The molecule has 2 aromatic rings. The van der Waals surface area contributed by atoms with Gasteiger partial charge in [0.2, 0.25) is 0 Å². The van der Waals surface area contributed by atoms with Crippen LogP contribution >= 0.6 is 0 Å². The second kappa shape index (κ2) is 3.61. The van der Waals surface area contributed by atoms with E-state index in [0.29, 0.717) is 22.1 Å². The quantitative estimate of drug-likeness (QED) is 0.760. The Bertz CT molecular complexity index is 518. The van der Waals surface area contributed by atoms with Crippen molar-refractivity contribution in [2.45, 2.75) is 0 Å². The molecule has 0 amide bonds. The fraction of sp³-hybridized carbons (Fsp3) is 0.0833. The topological polar surface area (TPSA) is 46.5 Å². The lowest BCUT2D eigenvalue weighted by molar-refractivity contribution is 0.112. The van der Waals surface area contributed by atoms with E-state index in [1.165, 1.54) is 7.11 Å². The molecule has 0 fully saturated rings. The Morgan fingerprint density at radius 2 is 2.07 bits per heavy atom. The number of ether oxygens (including phenoxy) is 1. The number of carbonyl (C=O) groups excluding carboxylic acids is 1. The largest absolute Gasteiger partial charge is 0.507 e. The summed E-state index contributed by atoms with van der Waals surface area (Å²) in [6, 6.07) is 8.36. The standard InChI is InChI=1S/C12H10O3/c1-15-11-6-5-10(14)9-4-2-3-8(7-13)12(9)11/h2-7,14H,1H3. The lowest BCUT2D eigenvalue weighted by atomic mass is 10.0. The van der Waals surface area contributed by atoms with Crippen LogP contribution in [-0.2, 0) is 0 Å². The van der Waals surface area contributed by atoms with Gasteiger partial charge < -0.3 is 9.84 Å². The Morgan fingerprint density at radius 3 is 2.73 bits per heavy atom. The molecule has 2 rings (SSSR count). The summed E-state index contributed by atoms with van der Waals surface area (Å²) >= 11 is 0. The molecular formula is C12H10O3. The minimum atomic E-state index is 0.148. The minimum Gasteiger partial charge on any atom is -0.507 e. The first-order chi connectivity index (χ1) is 7.27. The number of hydrogen-bond acceptors (Lipinski definition) is 3. The van der Waals surface area contributed by atoms with Crippen LogP contribution in [-0.4, -0.2) is 18.5 Å². The van der Waals surface area contributed by atoms with E-state index in [1.807, 2.05) is 0 Å². The molecule has 3 heteroatoms. The zero-order valence-electron chi connectivity index (χ0n) is 8.23. The van der Waals surface area contributed by atoms with Gasteiger partial charge >= 0.3 is 0 Å². The average molecular weight is 202 g/mol. The van der Waals surface area contributed by atoms with Crippen LogP contribution in [0.1, 0.15) is 10.4 Å². The zero-order chi connectivity index (χ0) is 10.8. The molecule has 0 aromatic heterocycles. The molecule has 0 saturated heterocycles. The van der Waals surface area contributed by atoms with E-state index in [0.717, 1.165) is 6.29 Å². The second-order valence-electron chi connectivity index (χ2n) is 3.17. The molecular weight excluding hydrogens is 192 g/mol. The number of phenolic OH excluding ortho intramolecular Hbond substituents is 1. The van der Waals surface area contributed by atoms with Crippen molar-refractivity contribution in [3.63, 3.8) is 0 Å². The number of phenols is 1. The molecule has 0 spiro atoms. The first-order valence-electron chi connectivity index (χ1n) is 4.52. The van der Waals surface area contributed by atoms with Crippen molar-refractivity contribution in [2.75, 3.05) is 7.11 Å². The highest BCUT2D eigenvalue weighted by Crippen LogP contribution is 2.33. The number of aldehydes is 1. The second-order valence-corrected chi connectivity index (χ2v) is 3.17. The van der Waals surface area contributed by atoms with Crippen molar-refractivity contribution in [3.05, 3.63) is 35.9 Å². The predicted octanol–water partition coefficient (Wildman–Crippen LogP) is 2.37. The summed E-state index contributed by atoms with van der Waals surface area (Å²) in [4.78, 5) is 10.9.